The highest BCUT2D eigenvalue weighted by molar-refractivity contribution is 7.92. The molecule has 3 N–H and O–H groups in total. The molecule has 0 aliphatic carbocycles. The molecule has 142 valence electrons. The van der Waals surface area contributed by atoms with Crippen LogP contribution in [-0.4, -0.2) is 55.5 Å². The van der Waals surface area contributed by atoms with Crippen molar-refractivity contribution in [3.05, 3.63) is 59.9 Å². The molecule has 1 fully saturated rings. The van der Waals surface area contributed by atoms with Gasteiger partial charge in [0.25, 0.3) is 5.91 Å². The van der Waals surface area contributed by atoms with Gasteiger partial charge >= 0.3 is 0 Å². The Morgan fingerprint density at radius 1 is 1.22 bits per heavy atom. The van der Waals surface area contributed by atoms with Crippen molar-refractivity contribution >= 4 is 21.7 Å². The summed E-state index contributed by atoms with van der Waals surface area (Å²) in [4.78, 5) is 29.7. The summed E-state index contributed by atoms with van der Waals surface area (Å²) in [6.45, 7) is 1.82. The minimum absolute atomic E-state index is 0.0398. The second-order valence-corrected chi connectivity index (χ2v) is 8.24. The van der Waals surface area contributed by atoms with Crippen LogP contribution in [0.15, 0.2) is 53.7 Å². The van der Waals surface area contributed by atoms with Gasteiger partial charge in [0, 0.05) is 37.6 Å². The van der Waals surface area contributed by atoms with Crippen LogP contribution in [-0.2, 0) is 14.6 Å². The Bertz CT molecular complexity index is 930. The van der Waals surface area contributed by atoms with Gasteiger partial charge in [0.05, 0.1) is 10.9 Å². The number of carbonyl (C=O) groups is 2. The number of pyridine rings is 1. The zero-order valence-corrected chi connectivity index (χ0v) is 15.4. The predicted molar refractivity (Wildman–Crippen MR) is 98.6 cm³/mol. The quantitative estimate of drug-likeness (QED) is 0.751. The third-order valence-corrected chi connectivity index (χ3v) is 6.02. The zero-order chi connectivity index (χ0) is 19.4. The monoisotopic (exact) mass is 388 g/mol. The molecule has 1 aromatic heterocycles. The van der Waals surface area contributed by atoms with Gasteiger partial charge in [-0.2, -0.15) is 0 Å². The number of piperazine rings is 1. The van der Waals surface area contributed by atoms with E-state index in [0.29, 0.717) is 25.2 Å². The molecule has 2 aromatic rings. The number of sulfone groups is 1. The Labute approximate surface area is 157 Å². The van der Waals surface area contributed by atoms with Gasteiger partial charge < -0.3 is 16.0 Å². The largest absolute Gasteiger partial charge is 0.369 e. The molecule has 1 aromatic carbocycles. The Kier molecular flexibility index (Phi) is 5.52. The number of nitrogens with two attached hydrogens (primary N) is 1. The molecule has 1 atom stereocenters. The molecule has 1 saturated heterocycles. The highest BCUT2D eigenvalue weighted by Gasteiger charge is 2.29. The van der Waals surface area contributed by atoms with E-state index in [1.807, 2.05) is 12.1 Å². The number of nitrogens with one attached hydrogen (secondary N) is 1. The van der Waals surface area contributed by atoms with Gasteiger partial charge in [-0.05, 0) is 35.9 Å². The maximum absolute atomic E-state index is 13.0. The first-order valence-electron chi connectivity index (χ1n) is 8.41. The molecule has 1 aliphatic heterocycles. The molecule has 1 aliphatic rings. The average molecular weight is 388 g/mol. The second kappa shape index (κ2) is 7.85. The number of hydrogen-bond acceptors (Lipinski definition) is 6. The van der Waals surface area contributed by atoms with Crippen LogP contribution in [0.1, 0.15) is 22.0 Å². The van der Waals surface area contributed by atoms with Crippen molar-refractivity contribution in [2.24, 2.45) is 5.73 Å². The number of nitrogens with zero attached hydrogens (tertiary/aromatic N) is 2. The van der Waals surface area contributed by atoms with Crippen LogP contribution >= 0.6 is 0 Å². The molecule has 0 spiro atoms. The molecule has 2 heterocycles. The first-order chi connectivity index (χ1) is 12.9. The first-order valence-corrected chi connectivity index (χ1v) is 10.1. The fourth-order valence-electron chi connectivity index (χ4n) is 3.06. The maximum Gasteiger partial charge on any atom is 0.254 e. The number of rotatable bonds is 5. The van der Waals surface area contributed by atoms with E-state index >= 15 is 0 Å². The van der Waals surface area contributed by atoms with Crippen molar-refractivity contribution in [2.45, 2.75) is 10.9 Å². The summed E-state index contributed by atoms with van der Waals surface area (Å²) in [5.74, 6) is -1.87. The first kappa shape index (κ1) is 19.0. The van der Waals surface area contributed by atoms with E-state index in [0.717, 1.165) is 5.56 Å². The van der Waals surface area contributed by atoms with Crippen LogP contribution in [0.4, 0.5) is 0 Å². The fraction of sp³-hybridized carbons (Fsp3) is 0.278. The molecule has 1 unspecified atom stereocenters. The SMILES string of the molecule is NC(=O)CS(=O)(=O)c1ccc(C(=O)N2CCNCC2c2cccnc2)cc1. The van der Waals surface area contributed by atoms with Crippen molar-refractivity contribution in [3.63, 3.8) is 0 Å². The van der Waals surface area contributed by atoms with Gasteiger partial charge in [-0.3, -0.25) is 14.6 Å². The van der Waals surface area contributed by atoms with Crippen molar-refractivity contribution in [1.82, 2.24) is 15.2 Å². The van der Waals surface area contributed by atoms with Crippen LogP contribution in [0.2, 0.25) is 0 Å². The number of aromatic nitrogens is 1. The van der Waals surface area contributed by atoms with Gasteiger partial charge in [0.15, 0.2) is 9.84 Å². The smallest absolute Gasteiger partial charge is 0.254 e. The van der Waals surface area contributed by atoms with E-state index in [2.05, 4.69) is 10.3 Å². The minimum Gasteiger partial charge on any atom is -0.369 e. The van der Waals surface area contributed by atoms with E-state index in [1.54, 1.807) is 17.3 Å². The van der Waals surface area contributed by atoms with Crippen molar-refractivity contribution < 1.29 is 18.0 Å². The Hall–Kier alpha value is -2.78. The van der Waals surface area contributed by atoms with E-state index in [1.165, 1.54) is 24.3 Å². The van der Waals surface area contributed by atoms with Crippen molar-refractivity contribution in [1.29, 1.82) is 0 Å². The Morgan fingerprint density at radius 3 is 2.59 bits per heavy atom. The second-order valence-electron chi connectivity index (χ2n) is 6.25. The van der Waals surface area contributed by atoms with Crippen LogP contribution in [0.25, 0.3) is 0 Å². The average Bonchev–Trinajstić information content (AvgIpc) is 2.67. The highest BCUT2D eigenvalue weighted by atomic mass is 32.2. The van der Waals surface area contributed by atoms with Gasteiger partial charge in [-0.25, -0.2) is 8.42 Å². The van der Waals surface area contributed by atoms with Crippen LogP contribution in [0.5, 0.6) is 0 Å². The Morgan fingerprint density at radius 2 is 1.96 bits per heavy atom. The summed E-state index contributed by atoms with van der Waals surface area (Å²) in [5, 5.41) is 3.27. The molecule has 0 radical (unpaired) electrons. The van der Waals surface area contributed by atoms with E-state index in [9.17, 15) is 18.0 Å². The number of amides is 2. The van der Waals surface area contributed by atoms with E-state index in [4.69, 9.17) is 5.73 Å². The Balaban J connectivity index is 1.83. The third-order valence-electron chi connectivity index (χ3n) is 4.37. The highest BCUT2D eigenvalue weighted by Crippen LogP contribution is 2.24. The molecule has 9 heteroatoms. The summed E-state index contributed by atoms with van der Waals surface area (Å²) in [6.07, 6.45) is 3.41. The zero-order valence-electron chi connectivity index (χ0n) is 14.5. The topological polar surface area (TPSA) is 122 Å². The molecule has 0 saturated carbocycles. The van der Waals surface area contributed by atoms with E-state index < -0.39 is 21.5 Å². The lowest BCUT2D eigenvalue weighted by molar-refractivity contribution is -0.115. The van der Waals surface area contributed by atoms with Crippen molar-refractivity contribution in [3.8, 4) is 0 Å². The molecule has 0 bridgehead atoms. The van der Waals surface area contributed by atoms with Gasteiger partial charge in [0.2, 0.25) is 5.91 Å². The summed E-state index contributed by atoms with van der Waals surface area (Å²) >= 11 is 0. The van der Waals surface area contributed by atoms with Crippen molar-refractivity contribution in [2.75, 3.05) is 25.4 Å². The minimum atomic E-state index is -3.80. The summed E-state index contributed by atoms with van der Waals surface area (Å²) in [5.41, 5.74) is 6.28. The molecular formula is C18H20N4O4S. The molecular weight excluding hydrogens is 368 g/mol. The lowest BCUT2D eigenvalue weighted by atomic mass is 10.0. The molecule has 3 rings (SSSR count). The predicted octanol–water partition coefficient (Wildman–Crippen LogP) is 0.127. The van der Waals surface area contributed by atoms with Gasteiger partial charge in [-0.1, -0.05) is 6.07 Å². The van der Waals surface area contributed by atoms with Crippen LogP contribution in [0, 0.1) is 0 Å². The lowest BCUT2D eigenvalue weighted by Crippen LogP contribution is -2.48. The third kappa shape index (κ3) is 4.32. The maximum atomic E-state index is 13.0. The summed E-state index contributed by atoms with van der Waals surface area (Å²) in [7, 11) is -3.80. The van der Waals surface area contributed by atoms with Crippen LogP contribution in [0.3, 0.4) is 0 Å². The number of benzene rings is 1. The van der Waals surface area contributed by atoms with Crippen LogP contribution < -0.4 is 11.1 Å². The van der Waals surface area contributed by atoms with E-state index in [-0.39, 0.29) is 16.8 Å². The van der Waals surface area contributed by atoms with Gasteiger partial charge in [-0.15, -0.1) is 0 Å². The fourth-order valence-corrected chi connectivity index (χ4v) is 4.15. The molecule has 2 amide bonds. The standard InChI is InChI=1S/C18H20N4O4S/c19-17(23)12-27(25,26)15-5-3-13(4-6-15)18(24)22-9-8-21-11-16(22)14-2-1-7-20-10-14/h1-7,10,16,21H,8-9,11-12H2,(H2,19,23). The number of primary amides is 1. The van der Waals surface area contributed by atoms with Gasteiger partial charge in [0.1, 0.15) is 5.75 Å². The molecule has 27 heavy (non-hydrogen) atoms. The lowest BCUT2D eigenvalue weighted by Gasteiger charge is -2.36. The molecule has 8 nitrogen and oxygen atoms in total. The number of hydrogen-bond donors (Lipinski definition) is 2. The summed E-state index contributed by atoms with van der Waals surface area (Å²) in [6, 6.07) is 9.16. The number of carbonyl (C=O) groups excluding carboxylic acids is 2. The normalized spacial score (nSPS) is 17.5. The summed E-state index contributed by atoms with van der Waals surface area (Å²) < 4.78 is 24.1.